The van der Waals surface area contributed by atoms with Crippen molar-refractivity contribution in [2.75, 3.05) is 26.9 Å². The topological polar surface area (TPSA) is 61.8 Å². The Morgan fingerprint density at radius 3 is 2.05 bits per heavy atom. The highest BCUT2D eigenvalue weighted by molar-refractivity contribution is 5.93. The molecule has 5 heteroatoms. The van der Waals surface area contributed by atoms with E-state index in [0.717, 1.165) is 6.42 Å². The lowest BCUT2D eigenvalue weighted by Gasteiger charge is -2.06. The summed E-state index contributed by atoms with van der Waals surface area (Å²) in [6.45, 7) is 3.28. The van der Waals surface area contributed by atoms with Gasteiger partial charge in [0.25, 0.3) is 0 Å². The molecule has 0 saturated heterocycles. The lowest BCUT2D eigenvalue weighted by molar-refractivity contribution is 0.0318. The van der Waals surface area contributed by atoms with Crippen LogP contribution >= 0.6 is 0 Å². The molecule has 1 aromatic carbocycles. The number of hydrogen-bond acceptors (Lipinski definition) is 5. The van der Waals surface area contributed by atoms with E-state index in [1.165, 1.54) is 31.4 Å². The number of hydrogen-bond donors (Lipinski definition) is 0. The van der Waals surface area contributed by atoms with E-state index >= 15 is 0 Å². The largest absolute Gasteiger partial charge is 0.465 e. The zero-order chi connectivity index (χ0) is 14.1. The van der Waals surface area contributed by atoms with Crippen LogP contribution in [0.1, 0.15) is 34.1 Å². The van der Waals surface area contributed by atoms with Crippen molar-refractivity contribution in [1.29, 1.82) is 0 Å². The molecule has 5 nitrogen and oxygen atoms in total. The third-order valence-corrected chi connectivity index (χ3v) is 2.35. The minimum absolute atomic E-state index is 0.220. The molecule has 0 heterocycles. The second kappa shape index (κ2) is 8.26. The van der Waals surface area contributed by atoms with Crippen molar-refractivity contribution in [3.8, 4) is 0 Å². The van der Waals surface area contributed by atoms with Crippen LogP contribution in [0.3, 0.4) is 0 Å². The van der Waals surface area contributed by atoms with Crippen LogP contribution in [0.25, 0.3) is 0 Å². The maximum absolute atomic E-state index is 11.6. The van der Waals surface area contributed by atoms with Gasteiger partial charge in [-0.15, -0.1) is 0 Å². The van der Waals surface area contributed by atoms with E-state index in [9.17, 15) is 9.59 Å². The lowest BCUT2D eigenvalue weighted by atomic mass is 10.1. The molecule has 0 bridgehead atoms. The summed E-state index contributed by atoms with van der Waals surface area (Å²) in [7, 11) is 1.31. The van der Waals surface area contributed by atoms with Crippen LogP contribution < -0.4 is 0 Å². The number of rotatable bonds is 7. The fourth-order valence-corrected chi connectivity index (χ4v) is 1.38. The summed E-state index contributed by atoms with van der Waals surface area (Å²) in [4.78, 5) is 22.8. The van der Waals surface area contributed by atoms with Gasteiger partial charge in [0, 0.05) is 6.61 Å². The van der Waals surface area contributed by atoms with Crippen molar-refractivity contribution in [2.24, 2.45) is 0 Å². The van der Waals surface area contributed by atoms with Gasteiger partial charge in [-0.05, 0) is 30.7 Å². The number of carbonyl (C=O) groups is 2. The van der Waals surface area contributed by atoms with Crippen LogP contribution in [0, 0.1) is 0 Å². The fourth-order valence-electron chi connectivity index (χ4n) is 1.38. The maximum atomic E-state index is 11.6. The maximum Gasteiger partial charge on any atom is 0.338 e. The van der Waals surface area contributed by atoms with Crippen molar-refractivity contribution in [3.63, 3.8) is 0 Å². The van der Waals surface area contributed by atoms with Crippen LogP contribution in [0.2, 0.25) is 0 Å². The first kappa shape index (κ1) is 15.2. The summed E-state index contributed by atoms with van der Waals surface area (Å²) in [5.41, 5.74) is 0.786. The molecule has 0 radical (unpaired) electrons. The van der Waals surface area contributed by atoms with E-state index in [0.29, 0.717) is 24.3 Å². The molecular formula is C14H18O5. The smallest absolute Gasteiger partial charge is 0.338 e. The zero-order valence-corrected chi connectivity index (χ0v) is 11.2. The Kier molecular flexibility index (Phi) is 6.60. The second-order valence-electron chi connectivity index (χ2n) is 3.82. The average molecular weight is 266 g/mol. The minimum atomic E-state index is -0.437. The van der Waals surface area contributed by atoms with Crippen LogP contribution in [0.5, 0.6) is 0 Å². The molecule has 0 aliphatic rings. The van der Waals surface area contributed by atoms with Gasteiger partial charge in [0.2, 0.25) is 0 Å². The first-order valence-electron chi connectivity index (χ1n) is 6.12. The quantitative estimate of drug-likeness (QED) is 0.558. The molecule has 0 fully saturated rings. The van der Waals surface area contributed by atoms with Crippen molar-refractivity contribution >= 4 is 11.9 Å². The van der Waals surface area contributed by atoms with Crippen molar-refractivity contribution in [3.05, 3.63) is 35.4 Å². The van der Waals surface area contributed by atoms with Crippen LogP contribution in [-0.4, -0.2) is 38.9 Å². The molecule has 0 amide bonds. The molecule has 0 unspecified atom stereocenters. The average Bonchev–Trinajstić information content (AvgIpc) is 2.46. The molecule has 0 spiro atoms. The number of benzene rings is 1. The van der Waals surface area contributed by atoms with E-state index in [1.807, 2.05) is 6.92 Å². The molecule has 104 valence electrons. The molecular weight excluding hydrogens is 248 g/mol. The molecule has 0 N–H and O–H groups in total. The molecule has 0 saturated carbocycles. The molecule has 1 rings (SSSR count). The van der Waals surface area contributed by atoms with E-state index < -0.39 is 11.9 Å². The summed E-state index contributed by atoms with van der Waals surface area (Å²) >= 11 is 0. The third-order valence-electron chi connectivity index (χ3n) is 2.35. The van der Waals surface area contributed by atoms with E-state index in [1.54, 1.807) is 0 Å². The monoisotopic (exact) mass is 266 g/mol. The van der Waals surface area contributed by atoms with E-state index in [-0.39, 0.29) is 6.61 Å². The summed E-state index contributed by atoms with van der Waals surface area (Å²) in [6.07, 6.45) is 0.933. The highest BCUT2D eigenvalue weighted by atomic mass is 16.6. The predicted octanol–water partition coefficient (Wildman–Crippen LogP) is 2.06. The Morgan fingerprint density at radius 2 is 1.53 bits per heavy atom. The fraction of sp³-hybridized carbons (Fsp3) is 0.429. The van der Waals surface area contributed by atoms with Crippen LogP contribution in [0.15, 0.2) is 24.3 Å². The summed E-state index contributed by atoms with van der Waals surface area (Å²) in [5, 5.41) is 0. The normalized spacial score (nSPS) is 10.0. The van der Waals surface area contributed by atoms with Gasteiger partial charge in [0.05, 0.1) is 24.8 Å². The molecule has 0 atom stereocenters. The molecule has 0 aliphatic carbocycles. The third kappa shape index (κ3) is 5.09. The number of carbonyl (C=O) groups excluding carboxylic acids is 2. The van der Waals surface area contributed by atoms with Crippen LogP contribution in [-0.2, 0) is 14.2 Å². The first-order chi connectivity index (χ1) is 9.19. The van der Waals surface area contributed by atoms with Gasteiger partial charge in [-0.1, -0.05) is 6.92 Å². The van der Waals surface area contributed by atoms with E-state index in [4.69, 9.17) is 9.47 Å². The standard InChI is InChI=1S/C14H18O5/c1-3-8-18-9-10-19-14(16)12-6-4-11(5-7-12)13(15)17-2/h4-7H,3,8-10H2,1-2H3. The van der Waals surface area contributed by atoms with Gasteiger partial charge in [-0.2, -0.15) is 0 Å². The Labute approximate surface area is 112 Å². The molecule has 0 aliphatic heterocycles. The Hall–Kier alpha value is -1.88. The highest BCUT2D eigenvalue weighted by Gasteiger charge is 2.09. The lowest BCUT2D eigenvalue weighted by Crippen LogP contribution is -2.11. The SMILES string of the molecule is CCCOCCOC(=O)c1ccc(C(=O)OC)cc1. The minimum Gasteiger partial charge on any atom is -0.465 e. The number of esters is 2. The van der Waals surface area contributed by atoms with Gasteiger partial charge in [0.1, 0.15) is 6.61 Å². The predicted molar refractivity (Wildman–Crippen MR) is 69.2 cm³/mol. The van der Waals surface area contributed by atoms with Gasteiger partial charge in [-0.25, -0.2) is 9.59 Å². The molecule has 19 heavy (non-hydrogen) atoms. The Balaban J connectivity index is 2.42. The van der Waals surface area contributed by atoms with Gasteiger partial charge in [0.15, 0.2) is 0 Å². The summed E-state index contributed by atoms with van der Waals surface area (Å²) in [5.74, 6) is -0.871. The number of methoxy groups -OCH3 is 1. The van der Waals surface area contributed by atoms with Gasteiger partial charge in [-0.3, -0.25) is 0 Å². The molecule has 1 aromatic rings. The summed E-state index contributed by atoms with van der Waals surface area (Å²) in [6, 6.07) is 6.11. The number of ether oxygens (including phenoxy) is 3. The van der Waals surface area contributed by atoms with Crippen LogP contribution in [0.4, 0.5) is 0 Å². The Bertz CT molecular complexity index is 410. The van der Waals surface area contributed by atoms with E-state index in [2.05, 4.69) is 4.74 Å². The van der Waals surface area contributed by atoms with Crippen molar-refractivity contribution < 1.29 is 23.8 Å². The van der Waals surface area contributed by atoms with Crippen molar-refractivity contribution in [1.82, 2.24) is 0 Å². The Morgan fingerprint density at radius 1 is 0.947 bits per heavy atom. The van der Waals surface area contributed by atoms with Gasteiger partial charge >= 0.3 is 11.9 Å². The van der Waals surface area contributed by atoms with Crippen molar-refractivity contribution in [2.45, 2.75) is 13.3 Å². The summed E-state index contributed by atoms with van der Waals surface area (Å²) < 4.78 is 14.8. The highest BCUT2D eigenvalue weighted by Crippen LogP contribution is 2.07. The van der Waals surface area contributed by atoms with Gasteiger partial charge < -0.3 is 14.2 Å². The first-order valence-corrected chi connectivity index (χ1v) is 6.12. The molecule has 0 aromatic heterocycles. The zero-order valence-electron chi connectivity index (χ0n) is 11.2. The second-order valence-corrected chi connectivity index (χ2v) is 3.82.